The van der Waals surface area contributed by atoms with Gasteiger partial charge in [-0.3, -0.25) is 9.69 Å². The summed E-state index contributed by atoms with van der Waals surface area (Å²) in [6.45, 7) is 6.27. The third-order valence-corrected chi connectivity index (χ3v) is 4.50. The first-order valence-electron chi connectivity index (χ1n) is 7.33. The van der Waals surface area contributed by atoms with Crippen LogP contribution in [0.4, 0.5) is 0 Å². The van der Waals surface area contributed by atoms with Gasteiger partial charge in [0.2, 0.25) is 5.91 Å². The minimum atomic E-state index is -0.782. The predicted molar refractivity (Wildman–Crippen MR) is 72.9 cm³/mol. The molecule has 2 aliphatic rings. The van der Waals surface area contributed by atoms with E-state index < -0.39 is 5.60 Å². The molecule has 0 aromatic heterocycles. The number of hydrogen-bond acceptors (Lipinski definition) is 4. The fraction of sp³-hybridized carbons (Fsp3) is 0.929. The van der Waals surface area contributed by atoms with Gasteiger partial charge >= 0.3 is 0 Å². The summed E-state index contributed by atoms with van der Waals surface area (Å²) in [5.41, 5.74) is -0.782. The number of nitrogens with zero attached hydrogens (tertiary/aromatic N) is 1. The second-order valence-corrected chi connectivity index (χ2v) is 6.06. The molecule has 1 amide bonds. The average Bonchev–Trinajstić information content (AvgIpc) is 2.69. The van der Waals surface area contributed by atoms with Crippen molar-refractivity contribution < 1.29 is 14.6 Å². The highest BCUT2D eigenvalue weighted by molar-refractivity contribution is 5.78. The van der Waals surface area contributed by atoms with Crippen molar-refractivity contribution in [2.45, 2.75) is 57.2 Å². The number of likely N-dealkylation sites (tertiary alicyclic amines) is 1. The van der Waals surface area contributed by atoms with Gasteiger partial charge in [-0.15, -0.1) is 0 Å². The summed E-state index contributed by atoms with van der Waals surface area (Å²) in [6, 6.07) is 0.957. The molecule has 110 valence electrons. The molecule has 2 fully saturated rings. The monoisotopic (exact) mass is 270 g/mol. The first-order valence-corrected chi connectivity index (χ1v) is 7.33. The Balaban J connectivity index is 1.75. The Morgan fingerprint density at radius 1 is 1.32 bits per heavy atom. The van der Waals surface area contributed by atoms with E-state index in [0.717, 1.165) is 12.8 Å². The van der Waals surface area contributed by atoms with Crippen molar-refractivity contribution in [3.63, 3.8) is 0 Å². The van der Waals surface area contributed by atoms with Crippen LogP contribution < -0.4 is 5.32 Å². The molecule has 2 atom stereocenters. The number of nitrogens with one attached hydrogen (secondary N) is 1. The van der Waals surface area contributed by atoms with E-state index in [2.05, 4.69) is 24.1 Å². The zero-order valence-electron chi connectivity index (χ0n) is 12.0. The van der Waals surface area contributed by atoms with Crippen LogP contribution in [-0.2, 0) is 9.53 Å². The van der Waals surface area contributed by atoms with Crippen LogP contribution in [0.1, 0.15) is 39.5 Å². The maximum Gasteiger partial charge on any atom is 0.234 e. The molecular formula is C14H26N2O3. The van der Waals surface area contributed by atoms with Gasteiger partial charge in [-0.05, 0) is 26.7 Å². The summed E-state index contributed by atoms with van der Waals surface area (Å²) in [7, 11) is 0. The lowest BCUT2D eigenvalue weighted by Crippen LogP contribution is -2.49. The molecule has 5 heteroatoms. The molecule has 2 rings (SSSR count). The number of aliphatic hydroxyl groups is 1. The Morgan fingerprint density at radius 3 is 2.47 bits per heavy atom. The molecular weight excluding hydrogens is 244 g/mol. The standard InChI is InChI=1S/C14H26N2O3/c1-11-3-4-12(2)16(11)9-13(17)15-10-14(18)5-7-19-8-6-14/h11-12,18H,3-10H2,1-2H3,(H,15,17). The van der Waals surface area contributed by atoms with Gasteiger partial charge in [0, 0.05) is 44.7 Å². The highest BCUT2D eigenvalue weighted by atomic mass is 16.5. The van der Waals surface area contributed by atoms with E-state index in [-0.39, 0.29) is 5.91 Å². The molecule has 0 radical (unpaired) electrons. The quantitative estimate of drug-likeness (QED) is 0.782. The number of carbonyl (C=O) groups excluding carboxylic acids is 1. The second-order valence-electron chi connectivity index (χ2n) is 6.06. The van der Waals surface area contributed by atoms with Crippen molar-refractivity contribution in [2.75, 3.05) is 26.3 Å². The molecule has 0 aromatic carbocycles. The SMILES string of the molecule is CC1CCC(C)N1CC(=O)NCC1(O)CCOCC1. The smallest absolute Gasteiger partial charge is 0.234 e. The molecule has 0 aromatic rings. The molecule has 2 saturated heterocycles. The summed E-state index contributed by atoms with van der Waals surface area (Å²) in [5.74, 6) is 0.0144. The first kappa shape index (κ1) is 14.8. The third kappa shape index (κ3) is 3.91. The van der Waals surface area contributed by atoms with E-state index in [1.807, 2.05) is 0 Å². The molecule has 5 nitrogen and oxygen atoms in total. The Bertz CT molecular complexity index is 306. The van der Waals surface area contributed by atoms with Gasteiger partial charge in [0.25, 0.3) is 0 Å². The van der Waals surface area contributed by atoms with E-state index >= 15 is 0 Å². The third-order valence-electron chi connectivity index (χ3n) is 4.50. The maximum atomic E-state index is 12.0. The second kappa shape index (κ2) is 6.20. The van der Waals surface area contributed by atoms with Crippen molar-refractivity contribution in [3.8, 4) is 0 Å². The van der Waals surface area contributed by atoms with Crippen molar-refractivity contribution >= 4 is 5.91 Å². The molecule has 2 heterocycles. The summed E-state index contributed by atoms with van der Waals surface area (Å²) < 4.78 is 5.23. The summed E-state index contributed by atoms with van der Waals surface area (Å²) in [5, 5.41) is 13.2. The Kier molecular flexibility index (Phi) is 4.81. The average molecular weight is 270 g/mol. The Labute approximate surface area is 115 Å². The Hall–Kier alpha value is -0.650. The summed E-state index contributed by atoms with van der Waals surface area (Å²) in [4.78, 5) is 14.2. The lowest BCUT2D eigenvalue weighted by molar-refractivity contribution is -0.125. The molecule has 2 aliphatic heterocycles. The molecule has 0 aliphatic carbocycles. The first-order chi connectivity index (χ1) is 9.00. The minimum Gasteiger partial charge on any atom is -0.388 e. The number of carbonyl (C=O) groups is 1. The van der Waals surface area contributed by atoms with E-state index in [1.165, 1.54) is 0 Å². The predicted octanol–water partition coefficient (Wildman–Crippen LogP) is 0.517. The van der Waals surface area contributed by atoms with E-state index in [1.54, 1.807) is 0 Å². The number of amides is 1. The van der Waals surface area contributed by atoms with Crippen LogP contribution in [0, 0.1) is 0 Å². The molecule has 0 bridgehead atoms. The largest absolute Gasteiger partial charge is 0.388 e. The normalized spacial score (nSPS) is 31.3. The van der Waals surface area contributed by atoms with Gasteiger partial charge in [0.1, 0.15) is 0 Å². The van der Waals surface area contributed by atoms with Gasteiger partial charge in [-0.2, -0.15) is 0 Å². The number of rotatable bonds is 4. The van der Waals surface area contributed by atoms with E-state index in [0.29, 0.717) is 51.2 Å². The van der Waals surface area contributed by atoms with Crippen LogP contribution in [0.15, 0.2) is 0 Å². The molecule has 2 unspecified atom stereocenters. The van der Waals surface area contributed by atoms with Crippen molar-refractivity contribution in [3.05, 3.63) is 0 Å². The van der Waals surface area contributed by atoms with Crippen LogP contribution in [-0.4, -0.2) is 59.9 Å². The zero-order chi connectivity index (χ0) is 13.9. The van der Waals surface area contributed by atoms with Crippen LogP contribution >= 0.6 is 0 Å². The van der Waals surface area contributed by atoms with Gasteiger partial charge < -0.3 is 15.2 Å². The maximum absolute atomic E-state index is 12.0. The van der Waals surface area contributed by atoms with Gasteiger partial charge in [-0.25, -0.2) is 0 Å². The highest BCUT2D eigenvalue weighted by Gasteiger charge is 2.32. The minimum absolute atomic E-state index is 0.0144. The fourth-order valence-corrected chi connectivity index (χ4v) is 2.97. The molecule has 0 saturated carbocycles. The van der Waals surface area contributed by atoms with Crippen molar-refractivity contribution in [1.29, 1.82) is 0 Å². The molecule has 0 spiro atoms. The van der Waals surface area contributed by atoms with Crippen LogP contribution in [0.5, 0.6) is 0 Å². The Morgan fingerprint density at radius 2 is 1.89 bits per heavy atom. The van der Waals surface area contributed by atoms with Crippen molar-refractivity contribution in [2.24, 2.45) is 0 Å². The fourth-order valence-electron chi connectivity index (χ4n) is 2.97. The zero-order valence-corrected chi connectivity index (χ0v) is 12.0. The van der Waals surface area contributed by atoms with Crippen LogP contribution in [0.2, 0.25) is 0 Å². The van der Waals surface area contributed by atoms with E-state index in [4.69, 9.17) is 4.74 Å². The van der Waals surface area contributed by atoms with Gasteiger partial charge in [0.15, 0.2) is 0 Å². The van der Waals surface area contributed by atoms with E-state index in [9.17, 15) is 9.90 Å². The summed E-state index contributed by atoms with van der Waals surface area (Å²) >= 11 is 0. The van der Waals surface area contributed by atoms with Crippen LogP contribution in [0.3, 0.4) is 0 Å². The summed E-state index contributed by atoms with van der Waals surface area (Å²) in [6.07, 6.45) is 3.53. The molecule has 19 heavy (non-hydrogen) atoms. The molecule has 2 N–H and O–H groups in total. The number of ether oxygens (including phenoxy) is 1. The number of hydrogen-bond donors (Lipinski definition) is 2. The topological polar surface area (TPSA) is 61.8 Å². The lowest BCUT2D eigenvalue weighted by atomic mass is 9.94. The van der Waals surface area contributed by atoms with Gasteiger partial charge in [0.05, 0.1) is 12.1 Å². The van der Waals surface area contributed by atoms with Gasteiger partial charge in [-0.1, -0.05) is 0 Å². The highest BCUT2D eigenvalue weighted by Crippen LogP contribution is 2.23. The van der Waals surface area contributed by atoms with Crippen molar-refractivity contribution in [1.82, 2.24) is 10.2 Å². The lowest BCUT2D eigenvalue weighted by Gasteiger charge is -2.32. The van der Waals surface area contributed by atoms with Crippen LogP contribution in [0.25, 0.3) is 0 Å².